The van der Waals surface area contributed by atoms with Gasteiger partial charge >= 0.3 is 59.2 Å². The fraction of sp³-hybridized carbons (Fsp3) is 0. The van der Waals surface area contributed by atoms with E-state index in [0.29, 0.717) is 0 Å². The third-order valence-electron chi connectivity index (χ3n) is 0. The van der Waals surface area contributed by atoms with E-state index in [4.69, 9.17) is 19.2 Å². The van der Waals surface area contributed by atoms with E-state index in [9.17, 15) is 0 Å². The fourth-order valence-electron chi connectivity index (χ4n) is 0. The number of rotatable bonds is 0. The van der Waals surface area contributed by atoms with Gasteiger partial charge in [0.2, 0.25) is 0 Å². The van der Waals surface area contributed by atoms with Crippen molar-refractivity contribution in [3.05, 3.63) is 0 Å². The van der Waals surface area contributed by atoms with Crippen LogP contribution in [0.5, 0.6) is 0 Å². The standard InChI is InChI=1S/Fe.K.Mn.H3O4P.H/c;;;1-5(2,3)4;/h;;;(H3,1,2,3,4);. The van der Waals surface area contributed by atoms with Gasteiger partial charge in [0.15, 0.2) is 0 Å². The van der Waals surface area contributed by atoms with Crippen molar-refractivity contribution in [2.75, 3.05) is 0 Å². The van der Waals surface area contributed by atoms with Gasteiger partial charge in [-0.15, -0.1) is 0 Å². The SMILES string of the molecule is O=P(O)(O)O.[Fe].[KH].[Mn]. The molecule has 0 amide bonds. The Balaban J connectivity index is -0.0000000267. The maximum Gasteiger partial charge on any atom is 0 e. The van der Waals surface area contributed by atoms with Gasteiger partial charge in [0.1, 0.15) is 0 Å². The molecule has 0 saturated carbocycles. The largest absolute Gasteiger partial charge is 0 e. The zero-order valence-electron chi connectivity index (χ0n) is 2.93. The third-order valence-corrected chi connectivity index (χ3v) is 0. The molecule has 0 aromatic carbocycles. The molecule has 3 N–H and O–H groups in total. The van der Waals surface area contributed by atoms with Crippen LogP contribution in [0.2, 0.25) is 0 Å². The summed E-state index contributed by atoms with van der Waals surface area (Å²) in [6, 6.07) is 0. The Bertz CT molecular complexity index is 62.2. The van der Waals surface area contributed by atoms with Gasteiger partial charge in [0.25, 0.3) is 0 Å². The Hall–Kier alpha value is 2.79. The second-order valence-electron chi connectivity index (χ2n) is 0.513. The molecule has 0 heterocycles. The van der Waals surface area contributed by atoms with Crippen LogP contribution in [0.15, 0.2) is 0 Å². The Kier molecular flexibility index (Phi) is 27.4. The molecule has 0 unspecified atom stereocenters. The van der Waals surface area contributed by atoms with Crippen LogP contribution < -0.4 is 0 Å². The van der Waals surface area contributed by atoms with Crippen LogP contribution in [0.4, 0.5) is 0 Å². The van der Waals surface area contributed by atoms with Crippen LogP contribution in [-0.2, 0) is 38.7 Å². The molecule has 0 saturated heterocycles. The van der Waals surface area contributed by atoms with E-state index in [-0.39, 0.29) is 85.5 Å². The first kappa shape index (κ1) is 22.4. The Morgan fingerprint density at radius 1 is 1.12 bits per heavy atom. The summed E-state index contributed by atoms with van der Waals surface area (Å²) >= 11 is 0. The maximum absolute atomic E-state index is 8.88. The predicted octanol–water partition coefficient (Wildman–Crippen LogP) is -1.58. The average Bonchev–Trinajstić information content (AvgIpc) is 0.722. The molecule has 0 aliphatic rings. The minimum absolute atomic E-state index is 0. The molecule has 8 heteroatoms. The first-order valence-corrected chi connectivity index (χ1v) is 2.35. The molecule has 0 aliphatic heterocycles. The van der Waals surface area contributed by atoms with Crippen molar-refractivity contribution in [2.45, 2.75) is 0 Å². The van der Waals surface area contributed by atoms with Crippen molar-refractivity contribution in [1.29, 1.82) is 0 Å². The summed E-state index contributed by atoms with van der Waals surface area (Å²) in [5.74, 6) is 0. The van der Waals surface area contributed by atoms with Crippen LogP contribution in [0.3, 0.4) is 0 Å². The van der Waals surface area contributed by atoms with Crippen molar-refractivity contribution in [3.63, 3.8) is 0 Å². The van der Waals surface area contributed by atoms with Gasteiger partial charge < -0.3 is 14.7 Å². The predicted molar refractivity (Wildman–Crippen MR) is 21.4 cm³/mol. The van der Waals surface area contributed by atoms with Crippen LogP contribution in [-0.4, -0.2) is 66.1 Å². The summed E-state index contributed by atoms with van der Waals surface area (Å²) in [5, 5.41) is 0. The molecule has 0 spiro atoms. The van der Waals surface area contributed by atoms with E-state index in [1.165, 1.54) is 0 Å². The van der Waals surface area contributed by atoms with E-state index < -0.39 is 7.82 Å². The summed E-state index contributed by atoms with van der Waals surface area (Å²) < 4.78 is 8.88. The summed E-state index contributed by atoms with van der Waals surface area (Å²) in [6.07, 6.45) is 0. The van der Waals surface area contributed by atoms with E-state index in [1.807, 2.05) is 0 Å². The zero-order chi connectivity index (χ0) is 4.50. The molecule has 0 bridgehead atoms. The maximum atomic E-state index is 8.88. The Labute approximate surface area is 110 Å². The van der Waals surface area contributed by atoms with Crippen molar-refractivity contribution < 1.29 is 53.4 Å². The second kappa shape index (κ2) is 9.79. The molecule has 0 fully saturated rings. The van der Waals surface area contributed by atoms with Gasteiger partial charge in [0, 0.05) is 34.1 Å². The normalized spacial score (nSPS) is 7.38. The van der Waals surface area contributed by atoms with Crippen molar-refractivity contribution in [3.8, 4) is 0 Å². The molecule has 1 radical (unpaired) electrons. The molecule has 0 aliphatic carbocycles. The number of hydrogen-bond donors (Lipinski definition) is 3. The van der Waals surface area contributed by atoms with Crippen LogP contribution in [0.1, 0.15) is 0 Å². The van der Waals surface area contributed by atoms with Gasteiger partial charge in [-0.25, -0.2) is 4.57 Å². The van der Waals surface area contributed by atoms with Gasteiger partial charge in [0.05, 0.1) is 0 Å². The van der Waals surface area contributed by atoms with Gasteiger partial charge in [-0.2, -0.15) is 0 Å². The quantitative estimate of drug-likeness (QED) is 0.357. The van der Waals surface area contributed by atoms with Crippen LogP contribution in [0, 0.1) is 0 Å². The van der Waals surface area contributed by atoms with Crippen molar-refractivity contribution in [1.82, 2.24) is 0 Å². The molecular weight excluding hydrogens is 245 g/mol. The summed E-state index contributed by atoms with van der Waals surface area (Å²) in [4.78, 5) is 21.6. The third kappa shape index (κ3) is 68.6. The zero-order valence-corrected chi connectivity index (χ0v) is 6.11. The summed E-state index contributed by atoms with van der Waals surface area (Å²) in [6.45, 7) is 0. The monoisotopic (exact) mass is 249 g/mol. The van der Waals surface area contributed by atoms with E-state index >= 15 is 0 Å². The van der Waals surface area contributed by atoms with Gasteiger partial charge in [-0.1, -0.05) is 0 Å². The minimum atomic E-state index is -4.64. The molecular formula is H4FeKMnO4P. The number of phosphoric acid groups is 1. The average molecular weight is 249 g/mol. The molecule has 0 atom stereocenters. The van der Waals surface area contributed by atoms with Crippen molar-refractivity contribution in [2.24, 2.45) is 0 Å². The van der Waals surface area contributed by atoms with Gasteiger partial charge in [-0.3, -0.25) is 0 Å². The minimum Gasteiger partial charge on any atom is 0 e. The van der Waals surface area contributed by atoms with E-state index in [2.05, 4.69) is 0 Å². The van der Waals surface area contributed by atoms with E-state index in [0.717, 1.165) is 0 Å². The molecule has 4 nitrogen and oxygen atoms in total. The Morgan fingerprint density at radius 3 is 1.12 bits per heavy atom. The number of hydrogen-bond acceptors (Lipinski definition) is 1. The van der Waals surface area contributed by atoms with Crippen LogP contribution in [0.25, 0.3) is 0 Å². The molecule has 8 heavy (non-hydrogen) atoms. The first-order chi connectivity index (χ1) is 2.00. The van der Waals surface area contributed by atoms with Gasteiger partial charge in [-0.05, 0) is 0 Å². The summed E-state index contributed by atoms with van der Waals surface area (Å²) in [5.41, 5.74) is 0. The first-order valence-electron chi connectivity index (χ1n) is 0.783. The van der Waals surface area contributed by atoms with E-state index in [1.54, 1.807) is 0 Å². The molecule has 0 aromatic rings. The Morgan fingerprint density at radius 2 is 1.12 bits per heavy atom. The molecule has 49 valence electrons. The second-order valence-corrected chi connectivity index (χ2v) is 1.54. The molecule has 0 rings (SSSR count). The summed E-state index contributed by atoms with van der Waals surface area (Å²) in [7, 11) is -4.64. The smallest absolute Gasteiger partial charge is 0 e. The fourth-order valence-corrected chi connectivity index (χ4v) is 0. The molecule has 0 aromatic heterocycles. The van der Waals surface area contributed by atoms with Crippen LogP contribution >= 0.6 is 7.82 Å². The van der Waals surface area contributed by atoms with Crippen molar-refractivity contribution >= 4 is 59.2 Å². The topological polar surface area (TPSA) is 77.8 Å².